The molecule has 2 unspecified atom stereocenters. The highest BCUT2D eigenvalue weighted by Crippen LogP contribution is 2.43. The minimum Gasteiger partial charge on any atom is -0.457 e. The molecule has 418 valence electrons. The number of quaternary nitrogens is 1. The molecule has 0 saturated heterocycles. The number of rotatable bonds is 57. The second-order valence-electron chi connectivity index (χ2n) is 21.7. The highest BCUT2D eigenvalue weighted by Gasteiger charge is 2.26. The van der Waals surface area contributed by atoms with E-state index >= 15 is 0 Å². The minimum absolute atomic E-state index is 0.0879. The molecule has 9 heteroatoms. The van der Waals surface area contributed by atoms with Gasteiger partial charge in [-0.3, -0.25) is 13.8 Å². The van der Waals surface area contributed by atoms with Gasteiger partial charge in [0.05, 0.1) is 34.4 Å². The van der Waals surface area contributed by atoms with Gasteiger partial charge in [0.1, 0.15) is 19.3 Å². The van der Waals surface area contributed by atoms with Crippen molar-refractivity contribution in [2.24, 2.45) is 0 Å². The van der Waals surface area contributed by atoms with Crippen molar-refractivity contribution in [2.75, 3.05) is 54.1 Å². The van der Waals surface area contributed by atoms with E-state index < -0.39 is 13.9 Å². The molecule has 0 rings (SSSR count). The van der Waals surface area contributed by atoms with E-state index in [1.165, 1.54) is 218 Å². The van der Waals surface area contributed by atoms with Gasteiger partial charge in [0.25, 0.3) is 0 Å². The lowest BCUT2D eigenvalue weighted by Crippen LogP contribution is -2.37. The third kappa shape index (κ3) is 59.2. The molecule has 0 aromatic rings. The molecule has 1 N–H and O–H groups in total. The standard InChI is InChI=1S/C62H118NO7P/c1-6-8-10-12-14-16-18-20-22-24-26-28-30-31-32-34-36-38-40-42-44-46-48-50-52-54-57-67-59-61(60-69-71(65,66)68-58-56-63(3,4)5)70-62(64)55-53-51-49-47-45-43-41-39-37-35-33-29-27-25-23-21-19-17-15-13-11-9-7-2/h18,20,24-27,30-31,61H,6-17,19,21-23,28-29,32-60H2,1-5H3/p+1/b20-18-,26-24-,27-25-,31-30-. The van der Waals surface area contributed by atoms with Gasteiger partial charge in [-0.2, -0.15) is 0 Å². The number of hydrogen-bond acceptors (Lipinski definition) is 6. The summed E-state index contributed by atoms with van der Waals surface area (Å²) >= 11 is 0. The van der Waals surface area contributed by atoms with Crippen LogP contribution in [0, 0.1) is 0 Å². The number of allylic oxidation sites excluding steroid dienone is 8. The molecule has 0 spiro atoms. The summed E-state index contributed by atoms with van der Waals surface area (Å²) in [7, 11) is 1.67. The molecule has 2 atom stereocenters. The monoisotopic (exact) mass is 1020 g/mol. The van der Waals surface area contributed by atoms with Crippen molar-refractivity contribution in [2.45, 2.75) is 290 Å². The van der Waals surface area contributed by atoms with Crippen molar-refractivity contribution < 1.29 is 37.3 Å². The topological polar surface area (TPSA) is 91.3 Å². The van der Waals surface area contributed by atoms with Gasteiger partial charge in [-0.15, -0.1) is 0 Å². The molecule has 0 aliphatic heterocycles. The predicted molar refractivity (Wildman–Crippen MR) is 307 cm³/mol. The second kappa shape index (κ2) is 54.7. The molecule has 0 aliphatic carbocycles. The minimum atomic E-state index is -4.29. The summed E-state index contributed by atoms with van der Waals surface area (Å²) in [4.78, 5) is 23.1. The predicted octanol–water partition coefficient (Wildman–Crippen LogP) is 19.4. The Balaban J connectivity index is 4.05. The fraction of sp³-hybridized carbons (Fsp3) is 0.855. The SMILES string of the molecule is CCCCCCC/C=C\C/C=C\C/C=C\CCCCCCCCCCCCCOCC(COP(=O)(O)OCC[N+](C)(C)C)OC(=O)CCCCCCCCCCCCC/C=C\CCCCCCCCCC. The first-order chi connectivity index (χ1) is 34.6. The van der Waals surface area contributed by atoms with Crippen LogP contribution in [0.5, 0.6) is 0 Å². The van der Waals surface area contributed by atoms with Gasteiger partial charge >= 0.3 is 13.8 Å². The number of esters is 1. The third-order valence-electron chi connectivity index (χ3n) is 13.4. The van der Waals surface area contributed by atoms with Gasteiger partial charge in [0, 0.05) is 13.0 Å². The van der Waals surface area contributed by atoms with Crippen molar-refractivity contribution in [3.63, 3.8) is 0 Å². The number of ether oxygens (including phenoxy) is 2. The molecular formula is C62H119NO7P+. The van der Waals surface area contributed by atoms with Crippen LogP contribution in [0.3, 0.4) is 0 Å². The Morgan fingerprint density at radius 1 is 0.437 bits per heavy atom. The lowest BCUT2D eigenvalue weighted by Gasteiger charge is -2.24. The van der Waals surface area contributed by atoms with Crippen LogP contribution in [0.25, 0.3) is 0 Å². The molecule has 0 amide bonds. The number of likely N-dealkylation sites (N-methyl/N-ethyl adjacent to an activating group) is 1. The zero-order valence-electron chi connectivity index (χ0n) is 47.7. The van der Waals surface area contributed by atoms with Crippen molar-refractivity contribution in [3.8, 4) is 0 Å². The van der Waals surface area contributed by atoms with Gasteiger partial charge < -0.3 is 18.9 Å². The number of carbonyl (C=O) groups is 1. The van der Waals surface area contributed by atoms with Crippen LogP contribution in [-0.2, 0) is 27.9 Å². The van der Waals surface area contributed by atoms with Crippen molar-refractivity contribution in [3.05, 3.63) is 48.6 Å². The van der Waals surface area contributed by atoms with Gasteiger partial charge in [-0.05, 0) is 77.0 Å². The molecule has 0 aromatic carbocycles. The van der Waals surface area contributed by atoms with E-state index in [9.17, 15) is 14.3 Å². The van der Waals surface area contributed by atoms with Crippen LogP contribution >= 0.6 is 7.82 Å². The molecule has 0 aromatic heterocycles. The number of phosphoric acid groups is 1. The maximum atomic E-state index is 12.8. The number of carbonyl (C=O) groups excluding carboxylic acids is 1. The fourth-order valence-electron chi connectivity index (χ4n) is 8.68. The molecule has 0 fully saturated rings. The lowest BCUT2D eigenvalue weighted by molar-refractivity contribution is -0.870. The van der Waals surface area contributed by atoms with Crippen LogP contribution < -0.4 is 0 Å². The Hall–Kier alpha value is -1.54. The van der Waals surface area contributed by atoms with E-state index in [-0.39, 0.29) is 25.8 Å². The molecule has 8 nitrogen and oxygen atoms in total. The number of hydrogen-bond donors (Lipinski definition) is 1. The van der Waals surface area contributed by atoms with E-state index in [0.717, 1.165) is 44.9 Å². The van der Waals surface area contributed by atoms with E-state index in [0.29, 0.717) is 24.1 Å². The summed E-state index contributed by atoms with van der Waals surface area (Å²) < 4.78 is 35.3. The zero-order chi connectivity index (χ0) is 51.9. The highest BCUT2D eigenvalue weighted by atomic mass is 31.2. The van der Waals surface area contributed by atoms with Crippen LogP contribution in [0.2, 0.25) is 0 Å². The van der Waals surface area contributed by atoms with E-state index in [1.807, 2.05) is 21.1 Å². The highest BCUT2D eigenvalue weighted by molar-refractivity contribution is 7.47. The Bertz CT molecular complexity index is 1280. The molecule has 0 saturated carbocycles. The maximum Gasteiger partial charge on any atom is 0.472 e. The molecule has 0 aliphatic rings. The Labute approximate surface area is 441 Å². The van der Waals surface area contributed by atoms with E-state index in [1.54, 1.807) is 0 Å². The first-order valence-corrected chi connectivity index (χ1v) is 31.9. The van der Waals surface area contributed by atoms with Crippen molar-refractivity contribution in [1.29, 1.82) is 0 Å². The summed E-state index contributed by atoms with van der Waals surface area (Å²) in [6, 6.07) is 0. The Morgan fingerprint density at radius 2 is 0.775 bits per heavy atom. The van der Waals surface area contributed by atoms with Crippen LogP contribution in [0.4, 0.5) is 0 Å². The second-order valence-corrected chi connectivity index (χ2v) is 23.2. The average Bonchev–Trinajstić information content (AvgIpc) is 3.33. The summed E-state index contributed by atoms with van der Waals surface area (Å²) in [5.41, 5.74) is 0. The summed E-state index contributed by atoms with van der Waals surface area (Å²) in [5.74, 6) is -0.312. The van der Waals surface area contributed by atoms with Crippen LogP contribution in [-0.4, -0.2) is 75.6 Å². The summed E-state index contributed by atoms with van der Waals surface area (Å²) in [5, 5.41) is 0. The van der Waals surface area contributed by atoms with Crippen molar-refractivity contribution in [1.82, 2.24) is 0 Å². The van der Waals surface area contributed by atoms with Crippen LogP contribution in [0.15, 0.2) is 48.6 Å². The van der Waals surface area contributed by atoms with Crippen LogP contribution in [0.1, 0.15) is 284 Å². The van der Waals surface area contributed by atoms with Gasteiger partial charge in [-0.25, -0.2) is 4.57 Å². The normalized spacial score (nSPS) is 13.7. The molecule has 0 radical (unpaired) electrons. The number of unbranched alkanes of at least 4 members (excludes halogenated alkanes) is 35. The van der Waals surface area contributed by atoms with Crippen molar-refractivity contribution >= 4 is 13.8 Å². The Kier molecular flexibility index (Phi) is 53.5. The van der Waals surface area contributed by atoms with Gasteiger partial charge in [0.2, 0.25) is 0 Å². The van der Waals surface area contributed by atoms with Gasteiger partial charge in [0.15, 0.2) is 0 Å². The molecular weight excluding hydrogens is 902 g/mol. The maximum absolute atomic E-state index is 12.8. The first-order valence-electron chi connectivity index (χ1n) is 30.4. The fourth-order valence-corrected chi connectivity index (χ4v) is 9.42. The summed E-state index contributed by atoms with van der Waals surface area (Å²) in [6.45, 7) is 5.65. The smallest absolute Gasteiger partial charge is 0.457 e. The third-order valence-corrected chi connectivity index (χ3v) is 14.3. The number of phosphoric ester groups is 1. The van der Waals surface area contributed by atoms with E-state index in [4.69, 9.17) is 18.5 Å². The van der Waals surface area contributed by atoms with Gasteiger partial charge in [-0.1, -0.05) is 249 Å². The average molecular weight is 1020 g/mol. The molecule has 0 bridgehead atoms. The number of nitrogens with zero attached hydrogens (tertiary/aromatic N) is 1. The molecule has 71 heavy (non-hydrogen) atoms. The first kappa shape index (κ1) is 69.5. The Morgan fingerprint density at radius 3 is 1.17 bits per heavy atom. The van der Waals surface area contributed by atoms with E-state index in [2.05, 4.69) is 62.5 Å². The quantitative estimate of drug-likeness (QED) is 0.0213. The lowest BCUT2D eigenvalue weighted by atomic mass is 10.0. The zero-order valence-corrected chi connectivity index (χ0v) is 48.6. The largest absolute Gasteiger partial charge is 0.472 e. The summed E-state index contributed by atoms with van der Waals surface area (Å²) in [6.07, 6.45) is 70.4. The molecule has 0 heterocycles.